The van der Waals surface area contributed by atoms with Gasteiger partial charge in [-0.3, -0.25) is 0 Å². The van der Waals surface area contributed by atoms with Gasteiger partial charge in [0.2, 0.25) is 0 Å². The Morgan fingerprint density at radius 1 is 1.45 bits per heavy atom. The van der Waals surface area contributed by atoms with E-state index in [0.29, 0.717) is 25.5 Å². The van der Waals surface area contributed by atoms with Crippen molar-refractivity contribution >= 4 is 22.0 Å². The molecule has 1 aliphatic heterocycles. The van der Waals surface area contributed by atoms with Gasteiger partial charge < -0.3 is 14.4 Å². The Kier molecular flexibility index (Phi) is 4.59. The van der Waals surface area contributed by atoms with Crippen molar-refractivity contribution in [3.63, 3.8) is 0 Å². The van der Waals surface area contributed by atoms with Gasteiger partial charge in [0.05, 0.1) is 17.6 Å². The maximum Gasteiger partial charge on any atom is 0.410 e. The Morgan fingerprint density at radius 2 is 2.10 bits per heavy atom. The third-order valence-corrected chi connectivity index (χ3v) is 3.06. The molecule has 1 amide bonds. The van der Waals surface area contributed by atoms with Gasteiger partial charge in [0.15, 0.2) is 5.82 Å². The van der Waals surface area contributed by atoms with Gasteiger partial charge in [-0.15, -0.1) is 0 Å². The molecule has 7 heteroatoms. The molecule has 0 unspecified atom stereocenters. The first-order valence-electron chi connectivity index (χ1n) is 6.42. The number of rotatable bonds is 1. The predicted octanol–water partition coefficient (Wildman–Crippen LogP) is 2.55. The Balaban J connectivity index is 2.01. The lowest BCUT2D eigenvalue weighted by atomic mass is 10.2. The van der Waals surface area contributed by atoms with E-state index in [1.165, 1.54) is 0 Å². The van der Waals surface area contributed by atoms with E-state index in [4.69, 9.17) is 9.47 Å². The Bertz CT molecular complexity index is 473. The van der Waals surface area contributed by atoms with Crippen molar-refractivity contribution < 1.29 is 14.3 Å². The molecule has 0 aromatic carbocycles. The molecule has 2 heterocycles. The van der Waals surface area contributed by atoms with Crippen LogP contribution in [0.25, 0.3) is 0 Å². The predicted molar refractivity (Wildman–Crippen MR) is 76.2 cm³/mol. The fraction of sp³-hybridized carbons (Fsp3) is 0.615. The topological polar surface area (TPSA) is 64.5 Å². The summed E-state index contributed by atoms with van der Waals surface area (Å²) in [6, 6.07) is 0. The van der Waals surface area contributed by atoms with Crippen LogP contribution in [0.3, 0.4) is 0 Å². The summed E-state index contributed by atoms with van der Waals surface area (Å²) >= 11 is 3.29. The van der Waals surface area contributed by atoms with Gasteiger partial charge >= 0.3 is 6.09 Å². The maximum absolute atomic E-state index is 12.0. The number of carbonyl (C=O) groups is 1. The number of hydrogen-bond acceptors (Lipinski definition) is 5. The van der Waals surface area contributed by atoms with Crippen LogP contribution in [-0.4, -0.2) is 46.3 Å². The van der Waals surface area contributed by atoms with Crippen LogP contribution in [0.1, 0.15) is 32.7 Å². The second-order valence-electron chi connectivity index (χ2n) is 5.55. The van der Waals surface area contributed by atoms with Crippen LogP contribution in [0.2, 0.25) is 0 Å². The standard InChI is InChI=1S/C13H18BrN3O3/c1-13(2,3)20-12(18)17-4-5-19-10(8-17)11-15-6-9(14)7-16-11/h6-7,10H,4-5,8H2,1-3H3/t10-/m0/s1. The molecule has 0 spiro atoms. The van der Waals surface area contributed by atoms with E-state index in [1.54, 1.807) is 17.3 Å². The molecule has 1 aliphatic rings. The van der Waals surface area contributed by atoms with Crippen LogP contribution < -0.4 is 0 Å². The number of nitrogens with zero attached hydrogens (tertiary/aromatic N) is 3. The molecule has 1 fully saturated rings. The first-order valence-corrected chi connectivity index (χ1v) is 7.21. The molecule has 6 nitrogen and oxygen atoms in total. The van der Waals surface area contributed by atoms with Crippen LogP contribution >= 0.6 is 15.9 Å². The van der Waals surface area contributed by atoms with Crippen molar-refractivity contribution in [2.75, 3.05) is 19.7 Å². The van der Waals surface area contributed by atoms with E-state index in [1.807, 2.05) is 20.8 Å². The zero-order valence-corrected chi connectivity index (χ0v) is 13.4. The number of ether oxygens (including phenoxy) is 2. The number of hydrogen-bond donors (Lipinski definition) is 0. The van der Waals surface area contributed by atoms with E-state index < -0.39 is 5.60 Å². The van der Waals surface area contributed by atoms with E-state index in [0.717, 1.165) is 4.47 Å². The summed E-state index contributed by atoms with van der Waals surface area (Å²) in [6.07, 6.45) is 2.68. The molecule has 2 rings (SSSR count). The summed E-state index contributed by atoms with van der Waals surface area (Å²) < 4.78 is 11.8. The van der Waals surface area contributed by atoms with E-state index in [-0.39, 0.29) is 12.2 Å². The first-order chi connectivity index (χ1) is 9.35. The molecule has 110 valence electrons. The Morgan fingerprint density at radius 3 is 2.70 bits per heavy atom. The van der Waals surface area contributed by atoms with Crippen molar-refractivity contribution in [3.05, 3.63) is 22.7 Å². The van der Waals surface area contributed by atoms with Crippen molar-refractivity contribution in [3.8, 4) is 0 Å². The molecule has 0 bridgehead atoms. The average molecular weight is 344 g/mol. The second-order valence-corrected chi connectivity index (χ2v) is 6.46. The first kappa shape index (κ1) is 15.2. The van der Waals surface area contributed by atoms with Gasteiger partial charge in [-0.05, 0) is 36.7 Å². The lowest BCUT2D eigenvalue weighted by Crippen LogP contribution is -2.45. The highest BCUT2D eigenvalue weighted by Gasteiger charge is 2.30. The summed E-state index contributed by atoms with van der Waals surface area (Å²) in [6.45, 7) is 6.91. The SMILES string of the molecule is CC(C)(C)OC(=O)N1CCO[C@H](c2ncc(Br)cn2)C1. The summed E-state index contributed by atoms with van der Waals surface area (Å²) in [5.74, 6) is 0.571. The quantitative estimate of drug-likeness (QED) is 0.783. The van der Waals surface area contributed by atoms with Crippen molar-refractivity contribution in [2.45, 2.75) is 32.5 Å². The number of halogens is 1. The fourth-order valence-electron chi connectivity index (χ4n) is 1.79. The molecular formula is C13H18BrN3O3. The molecule has 0 N–H and O–H groups in total. The van der Waals surface area contributed by atoms with Crippen LogP contribution in [0.4, 0.5) is 4.79 Å². The van der Waals surface area contributed by atoms with Gasteiger partial charge in [0, 0.05) is 18.9 Å². The van der Waals surface area contributed by atoms with Gasteiger partial charge in [-0.25, -0.2) is 14.8 Å². The molecular weight excluding hydrogens is 326 g/mol. The molecule has 0 radical (unpaired) electrons. The minimum atomic E-state index is -0.501. The average Bonchev–Trinajstić information content (AvgIpc) is 2.38. The van der Waals surface area contributed by atoms with Gasteiger partial charge in [-0.2, -0.15) is 0 Å². The van der Waals surface area contributed by atoms with Gasteiger partial charge in [-0.1, -0.05) is 0 Å². The highest BCUT2D eigenvalue weighted by Crippen LogP contribution is 2.21. The van der Waals surface area contributed by atoms with Crippen LogP contribution in [0, 0.1) is 0 Å². The van der Waals surface area contributed by atoms with Crippen molar-refractivity contribution in [1.82, 2.24) is 14.9 Å². The van der Waals surface area contributed by atoms with Crippen LogP contribution in [-0.2, 0) is 9.47 Å². The molecule has 0 saturated carbocycles. The summed E-state index contributed by atoms with van der Waals surface area (Å²) in [5.41, 5.74) is -0.501. The number of amides is 1. The number of carbonyl (C=O) groups excluding carboxylic acids is 1. The third kappa shape index (κ3) is 4.14. The lowest BCUT2D eigenvalue weighted by molar-refractivity contribution is -0.0462. The van der Waals surface area contributed by atoms with E-state index in [2.05, 4.69) is 25.9 Å². The maximum atomic E-state index is 12.0. The molecule has 1 aromatic rings. The Hall–Kier alpha value is -1.21. The van der Waals surface area contributed by atoms with Crippen molar-refractivity contribution in [2.24, 2.45) is 0 Å². The largest absolute Gasteiger partial charge is 0.444 e. The minimum Gasteiger partial charge on any atom is -0.444 e. The van der Waals surface area contributed by atoms with Gasteiger partial charge in [0.25, 0.3) is 0 Å². The molecule has 1 atom stereocenters. The van der Waals surface area contributed by atoms with E-state index in [9.17, 15) is 4.79 Å². The highest BCUT2D eigenvalue weighted by molar-refractivity contribution is 9.10. The molecule has 1 aromatic heterocycles. The summed E-state index contributed by atoms with van der Waals surface area (Å²) in [5, 5.41) is 0. The van der Waals surface area contributed by atoms with Gasteiger partial charge in [0.1, 0.15) is 11.7 Å². The molecule has 0 aliphatic carbocycles. The molecule has 20 heavy (non-hydrogen) atoms. The lowest BCUT2D eigenvalue weighted by Gasteiger charge is -2.33. The zero-order chi connectivity index (χ0) is 14.8. The summed E-state index contributed by atoms with van der Waals surface area (Å²) in [4.78, 5) is 22.1. The number of morpholine rings is 1. The van der Waals surface area contributed by atoms with Crippen LogP contribution in [0.5, 0.6) is 0 Å². The highest BCUT2D eigenvalue weighted by atomic mass is 79.9. The molecule has 1 saturated heterocycles. The number of aromatic nitrogens is 2. The summed E-state index contributed by atoms with van der Waals surface area (Å²) in [7, 11) is 0. The minimum absolute atomic E-state index is 0.315. The third-order valence-electron chi connectivity index (χ3n) is 2.65. The van der Waals surface area contributed by atoms with Crippen molar-refractivity contribution in [1.29, 1.82) is 0 Å². The second kappa shape index (κ2) is 6.05. The normalized spacial score (nSPS) is 19.8. The fourth-order valence-corrected chi connectivity index (χ4v) is 1.99. The Labute approximate surface area is 126 Å². The van der Waals surface area contributed by atoms with E-state index >= 15 is 0 Å². The monoisotopic (exact) mass is 343 g/mol. The van der Waals surface area contributed by atoms with Crippen LogP contribution in [0.15, 0.2) is 16.9 Å². The zero-order valence-electron chi connectivity index (χ0n) is 11.8. The smallest absolute Gasteiger partial charge is 0.410 e.